The first-order valence-electron chi connectivity index (χ1n) is 4.47. The molecule has 0 fully saturated rings. The zero-order valence-corrected chi connectivity index (χ0v) is 8.41. The van der Waals surface area contributed by atoms with E-state index in [1.54, 1.807) is 12.2 Å². The highest BCUT2D eigenvalue weighted by Crippen LogP contribution is 2.01. The van der Waals surface area contributed by atoms with Crippen molar-refractivity contribution in [2.75, 3.05) is 19.6 Å². The van der Waals surface area contributed by atoms with Gasteiger partial charge in [0.2, 0.25) is 0 Å². The van der Waals surface area contributed by atoms with Crippen LogP contribution in [0.5, 0.6) is 0 Å². The molecule has 0 saturated heterocycles. The molecule has 0 spiro atoms. The van der Waals surface area contributed by atoms with Gasteiger partial charge in [-0.2, -0.15) is 0 Å². The lowest BCUT2D eigenvalue weighted by Gasteiger charge is -2.18. The van der Waals surface area contributed by atoms with E-state index in [2.05, 4.69) is 19.7 Å². The standard InChI is InChI=1S/C11H17NO2/c1-4-7-12(8-5-2)9-6-10(3)11(13)14/h4-5H,1-3,6-9H2,(H,13,14). The summed E-state index contributed by atoms with van der Waals surface area (Å²) >= 11 is 0. The molecule has 0 aliphatic rings. The Morgan fingerprint density at radius 2 is 1.79 bits per heavy atom. The Hall–Kier alpha value is -1.35. The van der Waals surface area contributed by atoms with Gasteiger partial charge < -0.3 is 5.11 Å². The molecule has 78 valence electrons. The van der Waals surface area contributed by atoms with Crippen LogP contribution >= 0.6 is 0 Å². The molecule has 3 nitrogen and oxygen atoms in total. The lowest BCUT2D eigenvalue weighted by atomic mass is 10.2. The SMILES string of the molecule is C=CCN(CC=C)CCC(=C)C(=O)O. The quantitative estimate of drug-likeness (QED) is 0.473. The van der Waals surface area contributed by atoms with E-state index in [-0.39, 0.29) is 5.57 Å². The van der Waals surface area contributed by atoms with Gasteiger partial charge in [-0.3, -0.25) is 4.90 Å². The average Bonchev–Trinajstić information content (AvgIpc) is 2.14. The van der Waals surface area contributed by atoms with Crippen molar-refractivity contribution in [2.24, 2.45) is 0 Å². The van der Waals surface area contributed by atoms with Gasteiger partial charge >= 0.3 is 5.97 Å². The van der Waals surface area contributed by atoms with Crippen LogP contribution in [0.3, 0.4) is 0 Å². The summed E-state index contributed by atoms with van der Waals surface area (Å²) in [7, 11) is 0. The van der Waals surface area contributed by atoms with E-state index in [1.165, 1.54) is 0 Å². The fourth-order valence-electron chi connectivity index (χ4n) is 1.02. The lowest BCUT2D eigenvalue weighted by molar-refractivity contribution is -0.132. The maximum Gasteiger partial charge on any atom is 0.331 e. The molecule has 3 heteroatoms. The van der Waals surface area contributed by atoms with Crippen molar-refractivity contribution in [3.63, 3.8) is 0 Å². The third-order valence-corrected chi connectivity index (χ3v) is 1.81. The minimum absolute atomic E-state index is 0.239. The van der Waals surface area contributed by atoms with Crippen molar-refractivity contribution < 1.29 is 9.90 Å². The average molecular weight is 195 g/mol. The van der Waals surface area contributed by atoms with E-state index >= 15 is 0 Å². The molecular formula is C11H17NO2. The number of hydrogen-bond donors (Lipinski definition) is 1. The summed E-state index contributed by atoms with van der Waals surface area (Å²) < 4.78 is 0. The van der Waals surface area contributed by atoms with Crippen molar-refractivity contribution in [3.05, 3.63) is 37.5 Å². The molecule has 0 aromatic rings. The molecule has 0 aromatic heterocycles. The summed E-state index contributed by atoms with van der Waals surface area (Å²) in [4.78, 5) is 12.5. The van der Waals surface area contributed by atoms with E-state index in [4.69, 9.17) is 5.11 Å². The maximum atomic E-state index is 10.5. The van der Waals surface area contributed by atoms with Crippen LogP contribution in [0.25, 0.3) is 0 Å². The van der Waals surface area contributed by atoms with E-state index in [0.717, 1.165) is 13.1 Å². The second-order valence-corrected chi connectivity index (χ2v) is 3.00. The predicted octanol–water partition coefficient (Wildman–Crippen LogP) is 1.69. The van der Waals surface area contributed by atoms with Gasteiger partial charge in [0, 0.05) is 25.2 Å². The largest absolute Gasteiger partial charge is 0.478 e. The summed E-state index contributed by atoms with van der Waals surface area (Å²) in [6, 6.07) is 0. The van der Waals surface area contributed by atoms with Crippen molar-refractivity contribution >= 4 is 5.97 Å². The fourth-order valence-corrected chi connectivity index (χ4v) is 1.02. The van der Waals surface area contributed by atoms with Crippen LogP contribution in [-0.4, -0.2) is 35.6 Å². The molecule has 0 unspecified atom stereocenters. The Balaban J connectivity index is 3.91. The van der Waals surface area contributed by atoms with E-state index in [1.807, 2.05) is 4.90 Å². The number of rotatable bonds is 8. The van der Waals surface area contributed by atoms with Crippen LogP contribution < -0.4 is 0 Å². The maximum absolute atomic E-state index is 10.5. The molecule has 0 radical (unpaired) electrons. The number of nitrogens with zero attached hydrogens (tertiary/aromatic N) is 1. The van der Waals surface area contributed by atoms with Crippen LogP contribution in [0.4, 0.5) is 0 Å². The van der Waals surface area contributed by atoms with Crippen molar-refractivity contribution in [3.8, 4) is 0 Å². The van der Waals surface area contributed by atoms with E-state index in [9.17, 15) is 4.79 Å². The van der Waals surface area contributed by atoms with Gasteiger partial charge in [0.1, 0.15) is 0 Å². The molecule has 1 N–H and O–H groups in total. The lowest BCUT2D eigenvalue weighted by Crippen LogP contribution is -2.25. The molecule has 14 heavy (non-hydrogen) atoms. The Morgan fingerprint density at radius 3 is 2.14 bits per heavy atom. The van der Waals surface area contributed by atoms with Crippen LogP contribution in [0.1, 0.15) is 6.42 Å². The minimum Gasteiger partial charge on any atom is -0.478 e. The van der Waals surface area contributed by atoms with Gasteiger partial charge in [-0.05, 0) is 6.42 Å². The zero-order chi connectivity index (χ0) is 11.0. The van der Waals surface area contributed by atoms with Crippen LogP contribution in [0.15, 0.2) is 37.5 Å². The van der Waals surface area contributed by atoms with Crippen LogP contribution in [0.2, 0.25) is 0 Å². The summed E-state index contributed by atoms with van der Waals surface area (Å²) in [5.74, 6) is -0.929. The highest BCUT2D eigenvalue weighted by molar-refractivity contribution is 5.85. The van der Waals surface area contributed by atoms with Crippen LogP contribution in [0, 0.1) is 0 Å². The summed E-state index contributed by atoms with van der Waals surface area (Å²) in [5, 5.41) is 8.60. The Kier molecular flexibility index (Phi) is 6.41. The van der Waals surface area contributed by atoms with Gasteiger partial charge in [-0.1, -0.05) is 18.7 Å². The molecule has 0 atom stereocenters. The second-order valence-electron chi connectivity index (χ2n) is 3.00. The number of carboxylic acid groups (broad SMARTS) is 1. The van der Waals surface area contributed by atoms with Crippen LogP contribution in [-0.2, 0) is 4.79 Å². The molecular weight excluding hydrogens is 178 g/mol. The van der Waals surface area contributed by atoms with Gasteiger partial charge in [0.05, 0.1) is 0 Å². The number of carboxylic acids is 1. The molecule has 0 saturated carbocycles. The first kappa shape index (κ1) is 12.7. The van der Waals surface area contributed by atoms with E-state index < -0.39 is 5.97 Å². The second kappa shape index (κ2) is 7.09. The molecule has 0 amide bonds. The number of hydrogen-bond acceptors (Lipinski definition) is 2. The van der Waals surface area contributed by atoms with Crippen molar-refractivity contribution in [2.45, 2.75) is 6.42 Å². The summed E-state index contributed by atoms with van der Waals surface area (Å²) in [5.41, 5.74) is 0.239. The van der Waals surface area contributed by atoms with Crippen molar-refractivity contribution in [1.82, 2.24) is 4.90 Å². The number of carbonyl (C=O) groups is 1. The summed E-state index contributed by atoms with van der Waals surface area (Å²) in [6.07, 6.45) is 4.04. The fraction of sp³-hybridized carbons (Fsp3) is 0.364. The predicted molar refractivity (Wildman–Crippen MR) is 58.2 cm³/mol. The Labute approximate surface area is 85.0 Å². The number of aliphatic carboxylic acids is 1. The molecule has 0 rings (SSSR count). The molecule has 0 aliphatic carbocycles. The normalized spacial score (nSPS) is 9.79. The van der Waals surface area contributed by atoms with E-state index in [0.29, 0.717) is 13.0 Å². The highest BCUT2D eigenvalue weighted by Gasteiger charge is 2.06. The zero-order valence-electron chi connectivity index (χ0n) is 8.41. The van der Waals surface area contributed by atoms with Crippen molar-refractivity contribution in [1.29, 1.82) is 0 Å². The molecule has 0 aliphatic heterocycles. The van der Waals surface area contributed by atoms with Gasteiger partial charge in [0.15, 0.2) is 0 Å². The monoisotopic (exact) mass is 195 g/mol. The third-order valence-electron chi connectivity index (χ3n) is 1.81. The van der Waals surface area contributed by atoms with Gasteiger partial charge in [-0.15, -0.1) is 13.2 Å². The van der Waals surface area contributed by atoms with Gasteiger partial charge in [-0.25, -0.2) is 4.79 Å². The topological polar surface area (TPSA) is 40.5 Å². The first-order valence-corrected chi connectivity index (χ1v) is 4.47. The summed E-state index contributed by atoms with van der Waals surface area (Å²) in [6.45, 7) is 12.9. The smallest absolute Gasteiger partial charge is 0.331 e. The highest BCUT2D eigenvalue weighted by atomic mass is 16.4. The first-order chi connectivity index (χ1) is 6.61. The molecule has 0 bridgehead atoms. The van der Waals surface area contributed by atoms with Gasteiger partial charge in [0.25, 0.3) is 0 Å². The molecule has 0 heterocycles. The molecule has 0 aromatic carbocycles. The Bertz CT molecular complexity index is 223. The minimum atomic E-state index is -0.929. The Morgan fingerprint density at radius 1 is 1.29 bits per heavy atom. The third kappa shape index (κ3) is 5.32.